The predicted molar refractivity (Wildman–Crippen MR) is 60.7 cm³/mol. The summed E-state index contributed by atoms with van der Waals surface area (Å²) in [6, 6.07) is 0.431. The Bertz CT molecular complexity index is 187. The standard InChI is InChI=1S/C11H24N2O2/c1-8(2)11(12)10(6-14)13-4-5-15-7-9(13)3/h8-11,14H,4-7,12H2,1-3H3. The van der Waals surface area contributed by atoms with Crippen molar-refractivity contribution in [3.8, 4) is 0 Å². The second kappa shape index (κ2) is 5.80. The highest BCUT2D eigenvalue weighted by atomic mass is 16.5. The zero-order chi connectivity index (χ0) is 11.4. The summed E-state index contributed by atoms with van der Waals surface area (Å²) in [6.45, 7) is 8.79. The third-order valence-electron chi connectivity index (χ3n) is 3.25. The first-order chi connectivity index (χ1) is 7.07. The van der Waals surface area contributed by atoms with Crippen LogP contribution in [0.1, 0.15) is 20.8 Å². The maximum atomic E-state index is 9.45. The molecule has 4 heteroatoms. The third kappa shape index (κ3) is 3.14. The minimum absolute atomic E-state index is 0.0237. The molecule has 1 fully saturated rings. The number of aliphatic hydroxyl groups is 1. The first-order valence-corrected chi connectivity index (χ1v) is 5.77. The summed E-state index contributed by atoms with van der Waals surface area (Å²) in [4.78, 5) is 2.27. The summed E-state index contributed by atoms with van der Waals surface area (Å²) in [5, 5.41) is 9.45. The van der Waals surface area contributed by atoms with E-state index in [2.05, 4.69) is 25.7 Å². The summed E-state index contributed by atoms with van der Waals surface area (Å²) in [5.41, 5.74) is 6.12. The highest BCUT2D eigenvalue weighted by Gasteiger charge is 2.31. The third-order valence-corrected chi connectivity index (χ3v) is 3.25. The Hall–Kier alpha value is -0.160. The molecule has 0 aromatic rings. The molecule has 0 aliphatic carbocycles. The molecule has 15 heavy (non-hydrogen) atoms. The molecule has 0 aromatic heterocycles. The molecule has 0 radical (unpaired) electrons. The summed E-state index contributed by atoms with van der Waals surface area (Å²) in [5.74, 6) is 0.386. The van der Waals surface area contributed by atoms with E-state index in [0.717, 1.165) is 19.8 Å². The van der Waals surface area contributed by atoms with Crippen LogP contribution in [0.2, 0.25) is 0 Å². The van der Waals surface area contributed by atoms with Crippen molar-refractivity contribution in [1.82, 2.24) is 4.90 Å². The topological polar surface area (TPSA) is 58.7 Å². The Morgan fingerprint density at radius 3 is 2.67 bits per heavy atom. The zero-order valence-electron chi connectivity index (χ0n) is 10.0. The van der Waals surface area contributed by atoms with Gasteiger partial charge in [-0.3, -0.25) is 4.90 Å². The van der Waals surface area contributed by atoms with E-state index in [1.54, 1.807) is 0 Å². The molecular weight excluding hydrogens is 192 g/mol. The fourth-order valence-corrected chi connectivity index (χ4v) is 2.12. The van der Waals surface area contributed by atoms with Gasteiger partial charge in [0, 0.05) is 24.7 Å². The average molecular weight is 216 g/mol. The predicted octanol–water partition coefficient (Wildman–Crippen LogP) is 0.0513. The Labute approximate surface area is 92.4 Å². The van der Waals surface area contributed by atoms with E-state index in [-0.39, 0.29) is 18.7 Å². The number of hydrogen-bond donors (Lipinski definition) is 2. The van der Waals surface area contributed by atoms with Crippen molar-refractivity contribution in [2.24, 2.45) is 11.7 Å². The van der Waals surface area contributed by atoms with Gasteiger partial charge in [-0.2, -0.15) is 0 Å². The van der Waals surface area contributed by atoms with Gasteiger partial charge in [-0.1, -0.05) is 13.8 Å². The molecule has 3 unspecified atom stereocenters. The maximum absolute atomic E-state index is 9.45. The lowest BCUT2D eigenvalue weighted by Crippen LogP contribution is -2.58. The lowest BCUT2D eigenvalue weighted by molar-refractivity contribution is -0.0423. The van der Waals surface area contributed by atoms with Crippen LogP contribution in [0.25, 0.3) is 0 Å². The van der Waals surface area contributed by atoms with E-state index in [0.29, 0.717) is 12.0 Å². The van der Waals surface area contributed by atoms with Crippen LogP contribution in [-0.2, 0) is 4.74 Å². The fourth-order valence-electron chi connectivity index (χ4n) is 2.12. The van der Waals surface area contributed by atoms with Gasteiger partial charge < -0.3 is 15.6 Å². The van der Waals surface area contributed by atoms with Crippen molar-refractivity contribution in [1.29, 1.82) is 0 Å². The van der Waals surface area contributed by atoms with Crippen LogP contribution in [0.5, 0.6) is 0 Å². The second-order valence-electron chi connectivity index (χ2n) is 4.73. The Morgan fingerprint density at radius 1 is 1.53 bits per heavy atom. The van der Waals surface area contributed by atoms with Crippen molar-refractivity contribution in [3.63, 3.8) is 0 Å². The van der Waals surface area contributed by atoms with Crippen LogP contribution >= 0.6 is 0 Å². The van der Waals surface area contributed by atoms with Crippen LogP contribution < -0.4 is 5.73 Å². The van der Waals surface area contributed by atoms with Crippen molar-refractivity contribution < 1.29 is 9.84 Å². The Kier molecular flexibility index (Phi) is 4.99. The molecule has 4 nitrogen and oxygen atoms in total. The summed E-state index contributed by atoms with van der Waals surface area (Å²) in [7, 11) is 0. The highest BCUT2D eigenvalue weighted by molar-refractivity contribution is 4.87. The van der Waals surface area contributed by atoms with E-state index >= 15 is 0 Å². The van der Waals surface area contributed by atoms with Crippen LogP contribution in [-0.4, -0.2) is 54.5 Å². The molecule has 1 rings (SSSR count). The first-order valence-electron chi connectivity index (χ1n) is 5.77. The summed E-state index contributed by atoms with van der Waals surface area (Å²) < 4.78 is 5.38. The van der Waals surface area contributed by atoms with Crippen molar-refractivity contribution >= 4 is 0 Å². The molecule has 1 heterocycles. The normalized spacial score (nSPS) is 28.0. The molecule has 3 atom stereocenters. The molecule has 0 spiro atoms. The average Bonchev–Trinajstić information content (AvgIpc) is 2.21. The van der Waals surface area contributed by atoms with Gasteiger partial charge in [-0.25, -0.2) is 0 Å². The quantitative estimate of drug-likeness (QED) is 0.697. The van der Waals surface area contributed by atoms with Crippen LogP contribution in [0.3, 0.4) is 0 Å². The summed E-state index contributed by atoms with van der Waals surface area (Å²) >= 11 is 0. The molecule has 1 aliphatic heterocycles. The van der Waals surface area contributed by atoms with Gasteiger partial charge in [-0.05, 0) is 12.8 Å². The van der Waals surface area contributed by atoms with Crippen LogP contribution in [0.4, 0.5) is 0 Å². The number of ether oxygens (including phenoxy) is 1. The maximum Gasteiger partial charge on any atom is 0.0619 e. The lowest BCUT2D eigenvalue weighted by atomic mass is 9.95. The lowest BCUT2D eigenvalue weighted by Gasteiger charge is -2.42. The molecule has 90 valence electrons. The molecule has 0 amide bonds. The second-order valence-corrected chi connectivity index (χ2v) is 4.73. The molecule has 1 aliphatic rings. The number of nitrogens with two attached hydrogens (primary N) is 1. The molecular formula is C11H24N2O2. The highest BCUT2D eigenvalue weighted by Crippen LogP contribution is 2.16. The van der Waals surface area contributed by atoms with Gasteiger partial charge in [0.1, 0.15) is 0 Å². The number of morpholine rings is 1. The minimum Gasteiger partial charge on any atom is -0.395 e. The molecule has 0 bridgehead atoms. The number of rotatable bonds is 4. The number of aliphatic hydroxyl groups excluding tert-OH is 1. The molecule has 0 saturated carbocycles. The van der Waals surface area contributed by atoms with Gasteiger partial charge in [-0.15, -0.1) is 0 Å². The molecule has 1 saturated heterocycles. The largest absolute Gasteiger partial charge is 0.395 e. The molecule has 0 aromatic carbocycles. The SMILES string of the molecule is CC(C)C(N)C(CO)N1CCOCC1C. The van der Waals surface area contributed by atoms with Gasteiger partial charge in [0.05, 0.1) is 19.8 Å². The monoisotopic (exact) mass is 216 g/mol. The zero-order valence-corrected chi connectivity index (χ0v) is 10.0. The van der Waals surface area contributed by atoms with Crippen molar-refractivity contribution in [2.75, 3.05) is 26.4 Å². The van der Waals surface area contributed by atoms with E-state index in [1.807, 2.05) is 0 Å². The smallest absolute Gasteiger partial charge is 0.0619 e. The fraction of sp³-hybridized carbons (Fsp3) is 1.00. The van der Waals surface area contributed by atoms with Gasteiger partial charge in [0.2, 0.25) is 0 Å². The van der Waals surface area contributed by atoms with E-state index < -0.39 is 0 Å². The van der Waals surface area contributed by atoms with Crippen LogP contribution in [0, 0.1) is 5.92 Å². The van der Waals surface area contributed by atoms with Crippen LogP contribution in [0.15, 0.2) is 0 Å². The van der Waals surface area contributed by atoms with Crippen molar-refractivity contribution in [3.05, 3.63) is 0 Å². The van der Waals surface area contributed by atoms with Gasteiger partial charge in [0.25, 0.3) is 0 Å². The molecule has 3 N–H and O–H groups in total. The Morgan fingerprint density at radius 2 is 2.20 bits per heavy atom. The van der Waals surface area contributed by atoms with E-state index in [1.165, 1.54) is 0 Å². The minimum atomic E-state index is 0.0237. The van der Waals surface area contributed by atoms with Gasteiger partial charge in [0.15, 0.2) is 0 Å². The Balaban J connectivity index is 2.63. The summed E-state index contributed by atoms with van der Waals surface area (Å²) in [6.07, 6.45) is 0. The van der Waals surface area contributed by atoms with E-state index in [4.69, 9.17) is 10.5 Å². The van der Waals surface area contributed by atoms with Gasteiger partial charge >= 0.3 is 0 Å². The number of hydrogen-bond acceptors (Lipinski definition) is 4. The van der Waals surface area contributed by atoms with Crippen molar-refractivity contribution in [2.45, 2.75) is 38.9 Å². The number of nitrogens with zero attached hydrogens (tertiary/aromatic N) is 1. The first kappa shape index (κ1) is 12.9. The van der Waals surface area contributed by atoms with E-state index in [9.17, 15) is 5.11 Å².